The molecule has 9 heteroatoms. The maximum absolute atomic E-state index is 12.8. The van der Waals surface area contributed by atoms with E-state index in [0.717, 1.165) is 0 Å². The number of anilines is 1. The number of rotatable bonds is 9. The molecule has 0 saturated carbocycles. The average Bonchev–Trinajstić information content (AvgIpc) is 2.84. The fourth-order valence-electron chi connectivity index (χ4n) is 3.69. The van der Waals surface area contributed by atoms with E-state index in [4.69, 9.17) is 29.4 Å². The molecule has 2 atom stereocenters. The highest BCUT2D eigenvalue weighted by molar-refractivity contribution is 6.15. The number of β-lactam (4-membered cyclic amide) rings is 1. The first-order chi connectivity index (χ1) is 16.2. The molecule has 3 rings (SSSR count). The van der Waals surface area contributed by atoms with E-state index < -0.39 is 18.1 Å². The predicted molar refractivity (Wildman–Crippen MR) is 127 cm³/mol. The molecule has 1 heterocycles. The van der Waals surface area contributed by atoms with E-state index in [1.54, 1.807) is 35.2 Å². The zero-order chi connectivity index (χ0) is 25.2. The molecule has 182 valence electrons. The van der Waals surface area contributed by atoms with Crippen molar-refractivity contribution in [1.82, 2.24) is 0 Å². The number of nitrogens with two attached hydrogens (primary N) is 1. The van der Waals surface area contributed by atoms with Gasteiger partial charge in [0.05, 0.1) is 40.2 Å². The Kier molecular flexibility index (Phi) is 7.36. The molecule has 34 heavy (non-hydrogen) atoms. The number of carbonyl (C=O) groups excluding carboxylic acids is 2. The second kappa shape index (κ2) is 10.0. The van der Waals surface area contributed by atoms with Crippen LogP contribution < -0.4 is 34.3 Å². The van der Waals surface area contributed by atoms with E-state index in [2.05, 4.69) is 6.58 Å². The van der Waals surface area contributed by atoms with Crippen molar-refractivity contribution in [2.45, 2.75) is 25.9 Å². The Hall–Kier alpha value is -3.72. The fourth-order valence-corrected chi connectivity index (χ4v) is 3.69. The molecular weight excluding hydrogens is 440 g/mol. The molecule has 0 bridgehead atoms. The van der Waals surface area contributed by atoms with E-state index in [-0.39, 0.29) is 17.6 Å². The van der Waals surface area contributed by atoms with Gasteiger partial charge in [-0.25, -0.2) is 4.79 Å². The molecule has 0 unspecified atom stereocenters. The lowest BCUT2D eigenvalue weighted by Gasteiger charge is -2.42. The van der Waals surface area contributed by atoms with Gasteiger partial charge in [-0.15, -0.1) is 0 Å². The maximum Gasteiger partial charge on any atom is 0.328 e. The van der Waals surface area contributed by atoms with Crippen molar-refractivity contribution < 1.29 is 33.3 Å². The number of methoxy groups -OCH3 is 4. The third kappa shape index (κ3) is 4.38. The molecule has 0 aliphatic carbocycles. The van der Waals surface area contributed by atoms with Gasteiger partial charge in [0, 0.05) is 17.7 Å². The smallest absolute Gasteiger partial charge is 0.328 e. The van der Waals surface area contributed by atoms with Crippen molar-refractivity contribution in [1.29, 1.82) is 0 Å². The van der Waals surface area contributed by atoms with Crippen LogP contribution in [0, 0.1) is 5.92 Å². The zero-order valence-electron chi connectivity index (χ0n) is 20.2. The Bertz CT molecular complexity index is 1090. The van der Waals surface area contributed by atoms with E-state index in [9.17, 15) is 9.59 Å². The Labute approximate surface area is 199 Å². The average molecular weight is 471 g/mol. The van der Waals surface area contributed by atoms with Gasteiger partial charge in [-0.05, 0) is 23.6 Å². The third-order valence-electron chi connectivity index (χ3n) is 5.71. The highest BCUT2D eigenvalue weighted by Crippen LogP contribution is 2.48. The van der Waals surface area contributed by atoms with Crippen LogP contribution in [0.2, 0.25) is 0 Å². The van der Waals surface area contributed by atoms with Crippen molar-refractivity contribution in [2.75, 3.05) is 33.3 Å². The Morgan fingerprint density at radius 3 is 2.03 bits per heavy atom. The summed E-state index contributed by atoms with van der Waals surface area (Å²) in [7, 11) is 5.98. The zero-order valence-corrected chi connectivity index (χ0v) is 20.2. The molecule has 1 fully saturated rings. The quantitative estimate of drug-likeness (QED) is 0.257. The lowest BCUT2D eigenvalue weighted by atomic mass is 9.88. The second-order valence-electron chi connectivity index (χ2n) is 8.09. The van der Waals surface area contributed by atoms with Crippen LogP contribution in [0.1, 0.15) is 25.5 Å². The maximum atomic E-state index is 12.8. The molecule has 0 aromatic heterocycles. The number of hydrogen-bond donors (Lipinski definition) is 1. The minimum absolute atomic E-state index is 0.0961. The van der Waals surface area contributed by atoms with Crippen molar-refractivity contribution in [3.8, 4) is 28.7 Å². The molecule has 2 aromatic rings. The van der Waals surface area contributed by atoms with Gasteiger partial charge < -0.3 is 29.4 Å². The first kappa shape index (κ1) is 24.9. The fraction of sp³-hybridized carbons (Fsp3) is 0.360. The molecule has 0 radical (unpaired) electrons. The predicted octanol–water partition coefficient (Wildman–Crippen LogP) is 3.25. The SMILES string of the molecule is C=C1C(=O)N(c2cc(OC)c(OC)c(OC)c2)[C@H]1c1ccc(OC)c(OC(=O)[C@@H](N)C(C)C)c1. The summed E-state index contributed by atoms with van der Waals surface area (Å²) in [5.74, 6) is 0.881. The van der Waals surface area contributed by atoms with Gasteiger partial charge in [0.2, 0.25) is 5.75 Å². The summed E-state index contributed by atoms with van der Waals surface area (Å²) in [6, 6.07) is 7.18. The molecule has 2 N–H and O–H groups in total. The van der Waals surface area contributed by atoms with Gasteiger partial charge in [-0.1, -0.05) is 26.5 Å². The third-order valence-corrected chi connectivity index (χ3v) is 5.71. The van der Waals surface area contributed by atoms with Crippen LogP contribution >= 0.6 is 0 Å². The van der Waals surface area contributed by atoms with E-state index in [0.29, 0.717) is 39.8 Å². The van der Waals surface area contributed by atoms with Gasteiger partial charge in [0.1, 0.15) is 6.04 Å². The van der Waals surface area contributed by atoms with Gasteiger partial charge >= 0.3 is 5.97 Å². The number of amides is 1. The van der Waals surface area contributed by atoms with Crippen LogP contribution in [0.4, 0.5) is 5.69 Å². The summed E-state index contributed by atoms with van der Waals surface area (Å²) in [6.45, 7) is 7.61. The number of benzene rings is 2. The van der Waals surface area contributed by atoms with Crippen molar-refractivity contribution in [3.05, 3.63) is 48.0 Å². The lowest BCUT2D eigenvalue weighted by molar-refractivity contribution is -0.137. The molecular formula is C25H30N2O7. The van der Waals surface area contributed by atoms with Gasteiger partial charge in [-0.3, -0.25) is 9.69 Å². The molecule has 2 aromatic carbocycles. The molecule has 1 aliphatic heterocycles. The standard InChI is InChI=1S/C25H30N2O7/c1-13(2)21(26)25(29)34-18-10-15(8-9-17(18)30-4)22-14(3)24(28)27(22)16-11-19(31-5)23(33-7)20(12-16)32-6/h8-13,21-22H,3,26H2,1-2,4-7H3/t21-,22+/m0/s1. The normalized spacial score (nSPS) is 16.1. The Morgan fingerprint density at radius 2 is 1.53 bits per heavy atom. The van der Waals surface area contributed by atoms with Crippen molar-refractivity contribution in [2.24, 2.45) is 11.7 Å². The number of nitrogens with zero attached hydrogens (tertiary/aromatic N) is 1. The summed E-state index contributed by atoms with van der Waals surface area (Å²) in [4.78, 5) is 26.9. The van der Waals surface area contributed by atoms with Crippen LogP contribution in [-0.2, 0) is 9.59 Å². The summed E-state index contributed by atoms with van der Waals surface area (Å²) >= 11 is 0. The molecule has 1 aliphatic rings. The summed E-state index contributed by atoms with van der Waals surface area (Å²) in [6.07, 6.45) is 0. The first-order valence-corrected chi connectivity index (χ1v) is 10.7. The molecule has 9 nitrogen and oxygen atoms in total. The largest absolute Gasteiger partial charge is 0.493 e. The van der Waals surface area contributed by atoms with Crippen LogP contribution in [0.25, 0.3) is 0 Å². The van der Waals surface area contributed by atoms with Crippen LogP contribution in [0.3, 0.4) is 0 Å². The Morgan fingerprint density at radius 1 is 0.941 bits per heavy atom. The van der Waals surface area contributed by atoms with Crippen LogP contribution in [0.5, 0.6) is 28.7 Å². The van der Waals surface area contributed by atoms with E-state index in [1.165, 1.54) is 28.4 Å². The number of esters is 1. The second-order valence-corrected chi connectivity index (χ2v) is 8.09. The van der Waals surface area contributed by atoms with Crippen LogP contribution in [0.15, 0.2) is 42.5 Å². The molecule has 1 amide bonds. The van der Waals surface area contributed by atoms with Crippen molar-refractivity contribution >= 4 is 17.6 Å². The summed E-state index contributed by atoms with van der Waals surface area (Å²) < 4.78 is 27.1. The number of carbonyl (C=O) groups is 2. The lowest BCUT2D eigenvalue weighted by Crippen LogP contribution is -2.48. The Balaban J connectivity index is 2.02. The highest BCUT2D eigenvalue weighted by atomic mass is 16.6. The van der Waals surface area contributed by atoms with E-state index in [1.807, 2.05) is 13.8 Å². The monoisotopic (exact) mass is 470 g/mol. The van der Waals surface area contributed by atoms with Crippen LogP contribution in [-0.4, -0.2) is 46.4 Å². The van der Waals surface area contributed by atoms with Gasteiger partial charge in [-0.2, -0.15) is 0 Å². The summed E-state index contributed by atoms with van der Waals surface area (Å²) in [5, 5.41) is 0. The number of hydrogen-bond acceptors (Lipinski definition) is 8. The summed E-state index contributed by atoms with van der Waals surface area (Å²) in [5.41, 5.74) is 7.54. The highest BCUT2D eigenvalue weighted by Gasteiger charge is 2.43. The van der Waals surface area contributed by atoms with Gasteiger partial charge in [0.15, 0.2) is 23.0 Å². The minimum atomic E-state index is -0.788. The topological polar surface area (TPSA) is 110 Å². The molecule has 1 saturated heterocycles. The number of ether oxygens (including phenoxy) is 5. The van der Waals surface area contributed by atoms with Gasteiger partial charge in [0.25, 0.3) is 5.91 Å². The first-order valence-electron chi connectivity index (χ1n) is 10.7. The van der Waals surface area contributed by atoms with Crippen molar-refractivity contribution in [3.63, 3.8) is 0 Å². The minimum Gasteiger partial charge on any atom is -0.493 e. The molecule has 0 spiro atoms. The van der Waals surface area contributed by atoms with E-state index >= 15 is 0 Å².